The predicted molar refractivity (Wildman–Crippen MR) is 111 cm³/mol. The number of ether oxygens (including phenoxy) is 1. The van der Waals surface area contributed by atoms with Gasteiger partial charge in [0.2, 0.25) is 5.91 Å². The van der Waals surface area contributed by atoms with Crippen LogP contribution in [0.3, 0.4) is 0 Å². The first kappa shape index (κ1) is 19.1. The zero-order chi connectivity index (χ0) is 20.2. The number of hydrogen-bond acceptors (Lipinski definition) is 5. The number of hydrogen-bond donors (Lipinski definition) is 3. The Morgan fingerprint density at radius 2 is 1.76 bits per heavy atom. The van der Waals surface area contributed by atoms with Crippen LogP contribution in [0.4, 0.5) is 11.4 Å². The minimum absolute atomic E-state index is 0.0675. The Morgan fingerprint density at radius 1 is 1.07 bits per heavy atom. The number of aryl methyl sites for hydroxylation is 1. The molecule has 3 aromatic rings. The van der Waals surface area contributed by atoms with E-state index in [0.717, 1.165) is 29.6 Å². The molecule has 2 heterocycles. The molecule has 0 aliphatic carbocycles. The van der Waals surface area contributed by atoms with Crippen LogP contribution in [0, 0.1) is 6.92 Å². The van der Waals surface area contributed by atoms with Crippen LogP contribution in [0.1, 0.15) is 16.1 Å². The average Bonchev–Trinajstić information content (AvgIpc) is 3.13. The van der Waals surface area contributed by atoms with E-state index < -0.39 is 0 Å². The molecule has 0 saturated carbocycles. The van der Waals surface area contributed by atoms with Gasteiger partial charge in [0.05, 0.1) is 25.3 Å². The molecule has 1 aliphatic rings. The fourth-order valence-corrected chi connectivity index (χ4v) is 3.29. The summed E-state index contributed by atoms with van der Waals surface area (Å²) < 4.78 is 5.29. The quantitative estimate of drug-likeness (QED) is 0.618. The van der Waals surface area contributed by atoms with Gasteiger partial charge in [0.25, 0.3) is 5.91 Å². The third kappa shape index (κ3) is 4.61. The summed E-state index contributed by atoms with van der Waals surface area (Å²) in [5.41, 5.74) is 3.54. The van der Waals surface area contributed by atoms with Crippen molar-refractivity contribution in [2.45, 2.75) is 6.92 Å². The Balaban J connectivity index is 1.36. The summed E-state index contributed by atoms with van der Waals surface area (Å²) in [5, 5.41) is 13.5. The van der Waals surface area contributed by atoms with E-state index >= 15 is 0 Å². The van der Waals surface area contributed by atoms with Crippen LogP contribution in [-0.2, 0) is 9.53 Å². The normalized spacial score (nSPS) is 14.7. The molecule has 2 amide bonds. The molecule has 29 heavy (non-hydrogen) atoms. The summed E-state index contributed by atoms with van der Waals surface area (Å²) >= 11 is 0. The van der Waals surface area contributed by atoms with E-state index in [4.69, 9.17) is 4.74 Å². The number of morpholine rings is 1. The molecule has 0 radical (unpaired) electrons. The maximum atomic E-state index is 12.6. The van der Waals surface area contributed by atoms with Gasteiger partial charge in [-0.3, -0.25) is 19.6 Å². The maximum Gasteiger partial charge on any atom is 0.276 e. The van der Waals surface area contributed by atoms with Crippen LogP contribution in [-0.4, -0.2) is 59.8 Å². The Hall–Kier alpha value is -3.23. The van der Waals surface area contributed by atoms with Crippen LogP contribution in [0.5, 0.6) is 0 Å². The number of carbonyl (C=O) groups is 2. The third-order valence-corrected chi connectivity index (χ3v) is 4.83. The molecular weight excluding hydrogens is 370 g/mol. The number of H-pyrrole nitrogens is 1. The Bertz CT molecular complexity index is 1020. The van der Waals surface area contributed by atoms with E-state index in [2.05, 4.69) is 25.7 Å². The van der Waals surface area contributed by atoms with Gasteiger partial charge in [-0.1, -0.05) is 11.6 Å². The predicted octanol–water partition coefficient (Wildman–Crippen LogP) is 2.39. The van der Waals surface area contributed by atoms with Crippen molar-refractivity contribution in [2.24, 2.45) is 0 Å². The molecule has 8 heteroatoms. The highest BCUT2D eigenvalue weighted by atomic mass is 16.5. The van der Waals surface area contributed by atoms with Crippen LogP contribution in [0.25, 0.3) is 10.9 Å². The fourth-order valence-electron chi connectivity index (χ4n) is 3.29. The van der Waals surface area contributed by atoms with Crippen molar-refractivity contribution >= 4 is 34.1 Å². The van der Waals surface area contributed by atoms with Crippen molar-refractivity contribution in [3.8, 4) is 0 Å². The lowest BCUT2D eigenvalue weighted by molar-refractivity contribution is -0.118. The molecule has 1 saturated heterocycles. The summed E-state index contributed by atoms with van der Waals surface area (Å²) in [4.78, 5) is 26.8. The van der Waals surface area contributed by atoms with Crippen LogP contribution in [0.15, 0.2) is 42.5 Å². The highest BCUT2D eigenvalue weighted by Gasteiger charge is 2.16. The number of nitrogens with one attached hydrogen (secondary N) is 3. The molecule has 0 spiro atoms. The van der Waals surface area contributed by atoms with Gasteiger partial charge in [0, 0.05) is 29.9 Å². The summed E-state index contributed by atoms with van der Waals surface area (Å²) in [5.74, 6) is -0.354. The Kier molecular flexibility index (Phi) is 5.55. The zero-order valence-electron chi connectivity index (χ0n) is 16.2. The molecule has 1 aromatic heterocycles. The molecule has 0 unspecified atom stereocenters. The number of anilines is 2. The average molecular weight is 393 g/mol. The topological polar surface area (TPSA) is 99.3 Å². The van der Waals surface area contributed by atoms with Gasteiger partial charge in [-0.05, 0) is 43.3 Å². The smallest absolute Gasteiger partial charge is 0.276 e. The van der Waals surface area contributed by atoms with E-state index in [1.165, 1.54) is 0 Å². The molecule has 150 valence electrons. The molecule has 1 fully saturated rings. The van der Waals surface area contributed by atoms with Gasteiger partial charge < -0.3 is 15.4 Å². The standard InChI is InChI=1S/C21H23N5O3/c1-14-2-7-18-17(12-14)20(25-24-18)21(28)23-16-5-3-15(4-6-16)22-19(27)13-26-8-10-29-11-9-26/h2-7,12H,8-11,13H2,1H3,(H,22,27)(H,23,28)(H,24,25). The molecule has 3 N–H and O–H groups in total. The monoisotopic (exact) mass is 393 g/mol. The van der Waals surface area contributed by atoms with Crippen LogP contribution >= 0.6 is 0 Å². The highest BCUT2D eigenvalue weighted by Crippen LogP contribution is 2.20. The molecule has 0 bridgehead atoms. The Labute approximate surface area is 168 Å². The summed E-state index contributed by atoms with van der Waals surface area (Å²) in [6.07, 6.45) is 0. The number of nitrogens with zero attached hydrogens (tertiary/aromatic N) is 2. The van der Waals surface area contributed by atoms with E-state index in [1.54, 1.807) is 24.3 Å². The lowest BCUT2D eigenvalue weighted by Crippen LogP contribution is -2.41. The van der Waals surface area contributed by atoms with Crippen LogP contribution in [0.2, 0.25) is 0 Å². The van der Waals surface area contributed by atoms with Gasteiger partial charge >= 0.3 is 0 Å². The molecule has 1 aliphatic heterocycles. The number of aromatic nitrogens is 2. The fraction of sp³-hybridized carbons (Fsp3) is 0.286. The minimum Gasteiger partial charge on any atom is -0.379 e. The van der Waals surface area contributed by atoms with Crippen molar-refractivity contribution in [3.63, 3.8) is 0 Å². The lowest BCUT2D eigenvalue weighted by Gasteiger charge is -2.25. The number of amides is 2. The number of carbonyl (C=O) groups excluding carboxylic acids is 2. The molecule has 8 nitrogen and oxygen atoms in total. The van der Waals surface area contributed by atoms with Crippen molar-refractivity contribution in [1.29, 1.82) is 0 Å². The SMILES string of the molecule is Cc1ccc2[nH]nc(C(=O)Nc3ccc(NC(=O)CN4CCOCC4)cc3)c2c1. The van der Waals surface area contributed by atoms with Gasteiger partial charge in [-0.2, -0.15) is 5.10 Å². The van der Waals surface area contributed by atoms with E-state index in [0.29, 0.717) is 36.8 Å². The largest absolute Gasteiger partial charge is 0.379 e. The van der Waals surface area contributed by atoms with Gasteiger partial charge in [-0.25, -0.2) is 0 Å². The zero-order valence-corrected chi connectivity index (χ0v) is 16.2. The van der Waals surface area contributed by atoms with Gasteiger partial charge in [0.15, 0.2) is 5.69 Å². The summed E-state index contributed by atoms with van der Waals surface area (Å²) in [6, 6.07) is 12.8. The number of benzene rings is 2. The number of aromatic amines is 1. The highest BCUT2D eigenvalue weighted by molar-refractivity contribution is 6.11. The first-order valence-electron chi connectivity index (χ1n) is 9.54. The molecule has 4 rings (SSSR count). The molecule has 2 aromatic carbocycles. The second-order valence-corrected chi connectivity index (χ2v) is 7.09. The molecular formula is C21H23N5O3. The van der Waals surface area contributed by atoms with Gasteiger partial charge in [0.1, 0.15) is 0 Å². The van der Waals surface area contributed by atoms with Crippen molar-refractivity contribution in [2.75, 3.05) is 43.5 Å². The van der Waals surface area contributed by atoms with Crippen LogP contribution < -0.4 is 10.6 Å². The number of fused-ring (bicyclic) bond motifs is 1. The van der Waals surface area contributed by atoms with Crippen molar-refractivity contribution in [3.05, 3.63) is 53.7 Å². The second-order valence-electron chi connectivity index (χ2n) is 7.09. The van der Waals surface area contributed by atoms with E-state index in [9.17, 15) is 9.59 Å². The molecule has 0 atom stereocenters. The minimum atomic E-state index is -0.286. The lowest BCUT2D eigenvalue weighted by atomic mass is 10.1. The van der Waals surface area contributed by atoms with E-state index in [-0.39, 0.29) is 11.8 Å². The first-order chi connectivity index (χ1) is 14.1. The number of rotatable bonds is 5. The van der Waals surface area contributed by atoms with E-state index in [1.807, 2.05) is 25.1 Å². The second kappa shape index (κ2) is 8.42. The first-order valence-corrected chi connectivity index (χ1v) is 9.54. The summed E-state index contributed by atoms with van der Waals surface area (Å²) in [6.45, 7) is 5.16. The maximum absolute atomic E-state index is 12.6. The van der Waals surface area contributed by atoms with Gasteiger partial charge in [-0.15, -0.1) is 0 Å². The van der Waals surface area contributed by atoms with Crippen molar-refractivity contribution in [1.82, 2.24) is 15.1 Å². The third-order valence-electron chi connectivity index (χ3n) is 4.83. The van der Waals surface area contributed by atoms with Crippen molar-refractivity contribution < 1.29 is 14.3 Å². The Morgan fingerprint density at radius 3 is 2.48 bits per heavy atom. The summed E-state index contributed by atoms with van der Waals surface area (Å²) in [7, 11) is 0.